The molecular weight excluding hydrogens is 468 g/mol. The van der Waals surface area contributed by atoms with Crippen molar-refractivity contribution < 1.29 is 22.1 Å². The van der Waals surface area contributed by atoms with Gasteiger partial charge in [-0.2, -0.15) is 0 Å². The molecule has 1 atom stereocenters. The molecule has 1 fully saturated rings. The Morgan fingerprint density at radius 2 is 1.67 bits per heavy atom. The Bertz CT molecular complexity index is 833. The Balaban J connectivity index is 0.00000101. The van der Waals surface area contributed by atoms with Crippen LogP contribution in [0.2, 0.25) is 0 Å². The van der Waals surface area contributed by atoms with Crippen LogP contribution in [0.1, 0.15) is 62.3 Å². The number of aryl methyl sites for hydroxylation is 2. The summed E-state index contributed by atoms with van der Waals surface area (Å²) in [6.07, 6.45) is 4.00. The van der Waals surface area contributed by atoms with E-state index in [1.54, 1.807) is 0 Å². The molecule has 0 saturated carbocycles. The predicted molar refractivity (Wildman–Crippen MR) is 131 cm³/mol. The van der Waals surface area contributed by atoms with E-state index in [0.29, 0.717) is 14.3 Å². The Labute approximate surface area is 201 Å². The molecule has 1 N–H and O–H groups in total. The van der Waals surface area contributed by atoms with Crippen molar-refractivity contribution in [3.05, 3.63) is 52.6 Å². The molecular formula is C24H34Cl2NOPTi. The molecule has 30 heavy (non-hydrogen) atoms. The Morgan fingerprint density at radius 1 is 1.03 bits per heavy atom. The van der Waals surface area contributed by atoms with Gasteiger partial charge in [0.1, 0.15) is 5.75 Å². The van der Waals surface area contributed by atoms with Gasteiger partial charge in [0, 0.05) is 11.8 Å². The summed E-state index contributed by atoms with van der Waals surface area (Å²) in [4.78, 5) is 2.59. The van der Waals surface area contributed by atoms with Crippen molar-refractivity contribution in [2.75, 3.05) is 13.1 Å². The van der Waals surface area contributed by atoms with E-state index in [9.17, 15) is 5.11 Å². The third kappa shape index (κ3) is 7.51. The summed E-state index contributed by atoms with van der Waals surface area (Å²) in [7, 11) is 10.3. The first-order valence-electron chi connectivity index (χ1n) is 10.6. The zero-order chi connectivity index (χ0) is 22.3. The van der Waals surface area contributed by atoms with Gasteiger partial charge in [0.05, 0.1) is 0 Å². The van der Waals surface area contributed by atoms with Crippen LogP contribution in [-0.2, 0) is 29.0 Å². The topological polar surface area (TPSA) is 23.5 Å². The zero-order valence-electron chi connectivity index (χ0n) is 18.8. The molecule has 6 heteroatoms. The first-order valence-corrected chi connectivity index (χ1v) is 15.8. The molecule has 0 aliphatic carbocycles. The second-order valence-corrected chi connectivity index (χ2v) is 12.9. The standard InChI is InChI=1S/C24H34NOP.2ClH.Ti/c1-17-10-9-11-19(16-25-12-7-6-8-13-25)23(17)27-21-15-20(24(3,4)5)14-18(2)22(21)26;;;/h9-11,14-15,26-27H,6-8,12-13,16H2,1-5H3;2*1H;/q;;;+2/p-2. The maximum absolute atomic E-state index is 10.7. The van der Waals surface area contributed by atoms with Crippen LogP contribution in [0.3, 0.4) is 0 Å². The molecule has 2 aromatic carbocycles. The fraction of sp³-hybridized carbons (Fsp3) is 0.500. The van der Waals surface area contributed by atoms with Crippen LogP contribution in [0.4, 0.5) is 0 Å². The van der Waals surface area contributed by atoms with Crippen molar-refractivity contribution in [1.29, 1.82) is 0 Å². The number of nitrogens with zero attached hydrogens (tertiary/aromatic N) is 1. The molecule has 0 radical (unpaired) electrons. The number of piperidine rings is 1. The van der Waals surface area contributed by atoms with Crippen molar-refractivity contribution >= 4 is 37.8 Å². The molecule has 2 nitrogen and oxygen atoms in total. The van der Waals surface area contributed by atoms with E-state index in [1.165, 1.54) is 54.3 Å². The first-order chi connectivity index (χ1) is 14.2. The van der Waals surface area contributed by atoms with Crippen molar-refractivity contribution in [2.45, 2.75) is 65.8 Å². The van der Waals surface area contributed by atoms with Crippen molar-refractivity contribution in [3.63, 3.8) is 0 Å². The van der Waals surface area contributed by atoms with Gasteiger partial charge in [-0.25, -0.2) is 0 Å². The summed E-state index contributed by atoms with van der Waals surface area (Å²) in [5.74, 6) is 0.466. The number of hydrogen-bond acceptors (Lipinski definition) is 2. The monoisotopic (exact) mass is 501 g/mol. The second-order valence-electron chi connectivity index (χ2n) is 9.08. The summed E-state index contributed by atoms with van der Waals surface area (Å²) < 4.78 is 0. The van der Waals surface area contributed by atoms with Crippen LogP contribution in [0.15, 0.2) is 30.3 Å². The van der Waals surface area contributed by atoms with Gasteiger partial charge < -0.3 is 5.11 Å². The summed E-state index contributed by atoms with van der Waals surface area (Å²) in [6.45, 7) is 14.4. The van der Waals surface area contributed by atoms with Crippen LogP contribution in [-0.4, -0.2) is 23.1 Å². The first kappa shape index (κ1) is 26.2. The molecule has 0 bridgehead atoms. The summed E-state index contributed by atoms with van der Waals surface area (Å²) in [5.41, 5.74) is 5.12. The van der Waals surface area contributed by atoms with Crippen LogP contribution >= 0.6 is 27.2 Å². The van der Waals surface area contributed by atoms with E-state index in [-0.39, 0.29) is 5.41 Å². The number of rotatable bonds is 4. The fourth-order valence-electron chi connectivity index (χ4n) is 3.84. The second kappa shape index (κ2) is 12.2. The summed E-state index contributed by atoms with van der Waals surface area (Å²) in [6, 6.07) is 11.0. The molecule has 1 unspecified atom stereocenters. The van der Waals surface area contributed by atoms with Gasteiger partial charge in [-0.05, 0) is 78.8 Å². The number of phenols is 1. The molecule has 164 valence electrons. The van der Waals surface area contributed by atoms with E-state index in [1.807, 2.05) is 6.92 Å². The van der Waals surface area contributed by atoms with Gasteiger partial charge in [0.2, 0.25) is 0 Å². The van der Waals surface area contributed by atoms with Crippen LogP contribution in [0, 0.1) is 13.8 Å². The molecule has 0 amide bonds. The minimum atomic E-state index is -0.556. The number of aromatic hydroxyl groups is 1. The van der Waals surface area contributed by atoms with E-state index >= 15 is 0 Å². The fourth-order valence-corrected chi connectivity index (χ4v) is 5.26. The molecule has 1 heterocycles. The van der Waals surface area contributed by atoms with E-state index < -0.39 is 17.0 Å². The third-order valence-corrected chi connectivity index (χ3v) is 7.24. The van der Waals surface area contributed by atoms with Crippen molar-refractivity contribution in [1.82, 2.24) is 4.90 Å². The van der Waals surface area contributed by atoms with Gasteiger partial charge in [-0.1, -0.05) is 60.0 Å². The van der Waals surface area contributed by atoms with Gasteiger partial charge in [-0.15, -0.1) is 0 Å². The average Bonchev–Trinajstić information content (AvgIpc) is 2.68. The summed E-state index contributed by atoms with van der Waals surface area (Å²) >= 11 is -0.556. The number of halogens is 2. The summed E-state index contributed by atoms with van der Waals surface area (Å²) in [5, 5.41) is 13.2. The molecule has 0 aromatic heterocycles. The van der Waals surface area contributed by atoms with Gasteiger partial charge in [0.15, 0.2) is 0 Å². The SMILES string of the molecule is Cc1cc(C(C)(C)C)cc(Pc2c(C)cccc2CN2CCCCC2)c1O.[Cl][Ti][Cl]. The van der Waals surface area contributed by atoms with Crippen molar-refractivity contribution in [3.8, 4) is 5.75 Å². The minimum absolute atomic E-state index is 0.0834. The Kier molecular flexibility index (Phi) is 10.7. The van der Waals surface area contributed by atoms with Gasteiger partial charge in [0.25, 0.3) is 0 Å². The molecule has 2 aromatic rings. The molecule has 1 aliphatic rings. The van der Waals surface area contributed by atoms with E-state index in [2.05, 4.69) is 62.9 Å². The van der Waals surface area contributed by atoms with Crippen molar-refractivity contribution in [2.24, 2.45) is 0 Å². The predicted octanol–water partition coefficient (Wildman–Crippen LogP) is 6.30. The van der Waals surface area contributed by atoms with Gasteiger partial charge in [-0.3, -0.25) is 4.90 Å². The average molecular weight is 502 g/mol. The Morgan fingerprint density at radius 3 is 2.27 bits per heavy atom. The third-order valence-electron chi connectivity index (χ3n) is 5.63. The van der Waals surface area contributed by atoms with Crippen LogP contribution in [0.25, 0.3) is 0 Å². The van der Waals surface area contributed by atoms with Gasteiger partial charge >= 0.3 is 35.6 Å². The number of likely N-dealkylation sites (tertiary alicyclic amines) is 1. The van der Waals surface area contributed by atoms with E-state index in [4.69, 9.17) is 18.6 Å². The quantitative estimate of drug-likeness (QED) is 0.392. The zero-order valence-corrected chi connectivity index (χ0v) is 22.9. The van der Waals surface area contributed by atoms with Crippen LogP contribution in [0.5, 0.6) is 5.75 Å². The normalized spacial score (nSPS) is 15.2. The van der Waals surface area contributed by atoms with E-state index in [0.717, 1.165) is 17.4 Å². The number of benzene rings is 2. The number of hydrogen-bond donors (Lipinski definition) is 1. The molecule has 1 saturated heterocycles. The maximum atomic E-state index is 10.7. The Hall–Kier alpha value is -0.0757. The van der Waals surface area contributed by atoms with Crippen LogP contribution < -0.4 is 10.6 Å². The number of phenolic OH excluding ortho intramolecular Hbond substituents is 1. The molecule has 3 rings (SSSR count). The molecule has 0 spiro atoms. The molecule has 1 aliphatic heterocycles.